The second kappa shape index (κ2) is 23.2. The molecule has 16 heteroatoms. The molecule has 3 aromatic rings. The number of unbranched alkanes of at least 4 members (excludes halogenated alkanes) is 8. The first-order chi connectivity index (χ1) is 26.0. The summed E-state index contributed by atoms with van der Waals surface area (Å²) < 4.78 is 44.5. The Kier molecular flexibility index (Phi) is 19.9. The molecular weight excluding hydrogens is 725 g/mol. The third kappa shape index (κ3) is 15.3. The molecule has 1 aromatic heterocycles. The predicted molar refractivity (Wildman–Crippen MR) is 198 cm³/mol. The fourth-order valence-electron chi connectivity index (χ4n) is 5.76. The Labute approximate surface area is 320 Å². The minimum atomic E-state index is -4.51. The molecule has 0 spiro atoms. The lowest BCUT2D eigenvalue weighted by atomic mass is 9.90. The maximum Gasteiger partial charge on any atom is 0.416 e. The Bertz CT molecular complexity index is 1550. The number of carboxylic acids is 1. The molecule has 1 amide bonds. The fraction of sp³-hybridized carbons (Fsp3) is 0.590. The van der Waals surface area contributed by atoms with Crippen LogP contribution < -0.4 is 5.32 Å². The SMILES string of the molecule is CCCCCCCCCCCc1noc(-c2ccc(CN(C(=O)C(=O)O)C(C)(C)c3ccc(C(F)(F)F)cc3)cc2)n1.CNC[C@H](O)[C@@H](O)[C@H](O)[C@H](O)CO. The number of likely N-dealkylation sites (N-methyl/N-ethyl adjacent to an activating group) is 1. The van der Waals surface area contributed by atoms with Crippen LogP contribution in [0.25, 0.3) is 11.5 Å². The van der Waals surface area contributed by atoms with E-state index in [1.165, 1.54) is 57.1 Å². The van der Waals surface area contributed by atoms with Gasteiger partial charge in [-0.05, 0) is 62.7 Å². The summed E-state index contributed by atoms with van der Waals surface area (Å²) in [6, 6.07) is 11.3. The molecule has 0 aliphatic rings. The van der Waals surface area contributed by atoms with Crippen molar-refractivity contribution in [2.75, 3.05) is 20.2 Å². The number of aliphatic hydroxyl groups is 5. The molecular formula is C39H57F3N4O9. The van der Waals surface area contributed by atoms with Crippen LogP contribution in [0.2, 0.25) is 0 Å². The number of rotatable bonds is 21. The lowest BCUT2D eigenvalue weighted by molar-refractivity contribution is -0.159. The lowest BCUT2D eigenvalue weighted by Crippen LogP contribution is -2.48. The van der Waals surface area contributed by atoms with E-state index >= 15 is 0 Å². The topological polar surface area (TPSA) is 210 Å². The molecule has 55 heavy (non-hydrogen) atoms. The number of carbonyl (C=O) groups excluding carboxylic acids is 1. The number of benzene rings is 2. The molecule has 0 saturated heterocycles. The summed E-state index contributed by atoms with van der Waals surface area (Å²) in [5.74, 6) is -1.80. The van der Waals surface area contributed by atoms with Crippen LogP contribution >= 0.6 is 0 Å². The highest BCUT2D eigenvalue weighted by molar-refractivity contribution is 6.31. The van der Waals surface area contributed by atoms with Gasteiger partial charge < -0.3 is 45.4 Å². The molecule has 7 N–H and O–H groups in total. The minimum Gasteiger partial charge on any atom is -0.474 e. The van der Waals surface area contributed by atoms with Gasteiger partial charge in [-0.3, -0.25) is 4.79 Å². The Hall–Kier alpha value is -3.93. The van der Waals surface area contributed by atoms with Crippen LogP contribution in [0.3, 0.4) is 0 Å². The van der Waals surface area contributed by atoms with Gasteiger partial charge in [0.05, 0.1) is 23.8 Å². The van der Waals surface area contributed by atoms with E-state index in [1.807, 2.05) is 0 Å². The van der Waals surface area contributed by atoms with E-state index in [0.29, 0.717) is 28.4 Å². The second-order valence-electron chi connectivity index (χ2n) is 14.0. The van der Waals surface area contributed by atoms with Crippen molar-refractivity contribution < 1.29 is 57.9 Å². The molecule has 0 unspecified atom stereocenters. The second-order valence-corrected chi connectivity index (χ2v) is 14.0. The van der Waals surface area contributed by atoms with Crippen molar-refractivity contribution in [3.63, 3.8) is 0 Å². The average Bonchev–Trinajstić information content (AvgIpc) is 3.64. The van der Waals surface area contributed by atoms with E-state index in [-0.39, 0.29) is 13.1 Å². The molecule has 0 aliphatic heterocycles. The van der Waals surface area contributed by atoms with Gasteiger partial charge in [0, 0.05) is 25.1 Å². The van der Waals surface area contributed by atoms with Crippen molar-refractivity contribution in [2.24, 2.45) is 0 Å². The highest BCUT2D eigenvalue weighted by Crippen LogP contribution is 2.34. The van der Waals surface area contributed by atoms with E-state index in [0.717, 1.165) is 36.3 Å². The number of nitrogens with one attached hydrogen (secondary N) is 1. The van der Waals surface area contributed by atoms with E-state index in [1.54, 1.807) is 45.2 Å². The Morgan fingerprint density at radius 1 is 0.818 bits per heavy atom. The maximum atomic E-state index is 13.0. The van der Waals surface area contributed by atoms with Gasteiger partial charge in [-0.1, -0.05) is 87.7 Å². The van der Waals surface area contributed by atoms with Crippen LogP contribution in [0.4, 0.5) is 13.2 Å². The zero-order chi connectivity index (χ0) is 41.2. The largest absolute Gasteiger partial charge is 0.474 e. The monoisotopic (exact) mass is 782 g/mol. The summed E-state index contributed by atoms with van der Waals surface area (Å²) >= 11 is 0. The van der Waals surface area contributed by atoms with Crippen LogP contribution in [0, 0.1) is 0 Å². The number of nitrogens with zero attached hydrogens (tertiary/aromatic N) is 3. The normalized spacial score (nSPS) is 14.0. The molecule has 0 bridgehead atoms. The summed E-state index contributed by atoms with van der Waals surface area (Å²) in [6.07, 6.45) is 1.66. The molecule has 0 saturated carbocycles. The molecule has 0 aliphatic carbocycles. The summed E-state index contributed by atoms with van der Waals surface area (Å²) in [5.41, 5.74) is -0.363. The number of carbonyl (C=O) groups is 2. The van der Waals surface area contributed by atoms with Gasteiger partial charge in [-0.25, -0.2) is 4.79 Å². The van der Waals surface area contributed by atoms with Crippen molar-refractivity contribution in [1.29, 1.82) is 0 Å². The molecule has 308 valence electrons. The Balaban J connectivity index is 0.000000685. The number of aliphatic carboxylic acids is 1. The van der Waals surface area contributed by atoms with Crippen molar-refractivity contribution >= 4 is 11.9 Å². The number of carboxylic acid groups (broad SMARTS) is 1. The minimum absolute atomic E-state index is 0.0763. The quantitative estimate of drug-likeness (QED) is 0.0573. The van der Waals surface area contributed by atoms with Gasteiger partial charge in [0.1, 0.15) is 18.3 Å². The number of alkyl halides is 3. The number of hydrogen-bond donors (Lipinski definition) is 7. The Morgan fingerprint density at radius 3 is 1.85 bits per heavy atom. The van der Waals surface area contributed by atoms with Crippen molar-refractivity contribution in [3.8, 4) is 11.5 Å². The van der Waals surface area contributed by atoms with Crippen LogP contribution in [0.1, 0.15) is 101 Å². The van der Waals surface area contributed by atoms with Gasteiger partial charge in [-0.15, -0.1) is 0 Å². The molecule has 13 nitrogen and oxygen atoms in total. The summed E-state index contributed by atoms with van der Waals surface area (Å²) in [5, 5.41) is 61.0. The molecule has 1 heterocycles. The number of amides is 1. The third-order valence-corrected chi connectivity index (χ3v) is 9.27. The van der Waals surface area contributed by atoms with Crippen LogP contribution in [0.5, 0.6) is 0 Å². The van der Waals surface area contributed by atoms with E-state index in [9.17, 15) is 33.0 Å². The predicted octanol–water partition coefficient (Wildman–Crippen LogP) is 4.82. The Morgan fingerprint density at radius 2 is 1.35 bits per heavy atom. The number of halogens is 3. The highest BCUT2D eigenvalue weighted by atomic mass is 19.4. The van der Waals surface area contributed by atoms with Crippen molar-refractivity contribution in [3.05, 3.63) is 71.0 Å². The number of hydrogen-bond acceptors (Lipinski definition) is 11. The highest BCUT2D eigenvalue weighted by Gasteiger charge is 2.37. The van der Waals surface area contributed by atoms with Gasteiger partial charge in [0.2, 0.25) is 0 Å². The first-order valence-electron chi connectivity index (χ1n) is 18.6. The molecule has 0 fully saturated rings. The number of aryl methyl sites for hydroxylation is 1. The summed E-state index contributed by atoms with van der Waals surface area (Å²) in [7, 11) is 1.57. The van der Waals surface area contributed by atoms with E-state index in [2.05, 4.69) is 22.4 Å². The number of aliphatic hydroxyl groups excluding tert-OH is 5. The number of aromatic nitrogens is 2. The van der Waals surface area contributed by atoms with Gasteiger partial charge in [0.15, 0.2) is 5.82 Å². The first kappa shape index (κ1) is 47.2. The average molecular weight is 783 g/mol. The van der Waals surface area contributed by atoms with Crippen LogP contribution in [0.15, 0.2) is 53.1 Å². The van der Waals surface area contributed by atoms with Gasteiger partial charge >= 0.3 is 18.1 Å². The smallest absolute Gasteiger partial charge is 0.416 e. The summed E-state index contributed by atoms with van der Waals surface area (Å²) in [4.78, 5) is 30.0. The zero-order valence-electron chi connectivity index (χ0n) is 32.0. The third-order valence-electron chi connectivity index (χ3n) is 9.27. The van der Waals surface area contributed by atoms with E-state index < -0.39 is 60.2 Å². The molecule has 4 atom stereocenters. The molecule has 2 aromatic carbocycles. The van der Waals surface area contributed by atoms with Gasteiger partial charge in [0.25, 0.3) is 5.89 Å². The van der Waals surface area contributed by atoms with Crippen LogP contribution in [-0.4, -0.2) is 102 Å². The van der Waals surface area contributed by atoms with Gasteiger partial charge in [-0.2, -0.15) is 18.2 Å². The lowest BCUT2D eigenvalue weighted by Gasteiger charge is -2.38. The standard InChI is InChI=1S/C32H40F3N3O4.C7H17NO5/c1-4-5-6-7-8-9-10-11-12-13-27-36-28(42-37-27)24-16-14-23(15-17-24)22-38(29(39)30(40)41)31(2,3)25-18-20-26(21-19-25)32(33,34)35;1-8-2-4(10)6(12)7(13)5(11)3-9/h14-21H,4-13,22H2,1-3H3,(H,40,41);4-13H,2-3H2,1H3/t;4-,5+,6+,7+/m.0/s1. The maximum absolute atomic E-state index is 13.0. The summed E-state index contributed by atoms with van der Waals surface area (Å²) in [6.45, 7) is 4.77. The van der Waals surface area contributed by atoms with E-state index in [4.69, 9.17) is 24.9 Å². The van der Waals surface area contributed by atoms with Crippen LogP contribution in [-0.2, 0) is 34.3 Å². The molecule has 0 radical (unpaired) electrons. The van der Waals surface area contributed by atoms with Crippen molar-refractivity contribution in [1.82, 2.24) is 20.4 Å². The molecule has 3 rings (SSSR count). The first-order valence-corrected chi connectivity index (χ1v) is 18.6. The van der Waals surface area contributed by atoms with Crippen molar-refractivity contribution in [2.45, 2.75) is 128 Å². The zero-order valence-corrected chi connectivity index (χ0v) is 32.0. The fourth-order valence-corrected chi connectivity index (χ4v) is 5.76.